The fraction of sp³-hybridized carbons (Fsp3) is 0.0435. The van der Waals surface area contributed by atoms with E-state index in [9.17, 15) is 4.39 Å². The number of hydrogen-bond acceptors (Lipinski definition) is 5. The number of aromatic amines is 2. The molecule has 0 bridgehead atoms. The molecule has 31 heavy (non-hydrogen) atoms. The van der Waals surface area contributed by atoms with Crippen LogP contribution in [0.15, 0.2) is 59.7 Å². The highest BCUT2D eigenvalue weighted by molar-refractivity contribution is 7.08. The van der Waals surface area contributed by atoms with E-state index in [0.717, 1.165) is 38.8 Å². The summed E-state index contributed by atoms with van der Waals surface area (Å²) in [7, 11) is 0. The first kappa shape index (κ1) is 17.9. The Kier molecular flexibility index (Phi) is 3.94. The Morgan fingerprint density at radius 1 is 1.00 bits per heavy atom. The smallest absolute Gasteiger partial charge is 0.159 e. The molecule has 2 N–H and O–H groups in total. The quantitative estimate of drug-likeness (QED) is 0.378. The number of rotatable bonds is 3. The molecule has 0 aliphatic carbocycles. The molecule has 5 aromatic heterocycles. The maximum absolute atomic E-state index is 14.9. The van der Waals surface area contributed by atoms with Crippen molar-refractivity contribution < 1.29 is 4.39 Å². The van der Waals surface area contributed by atoms with Crippen LogP contribution in [0.4, 0.5) is 4.39 Å². The molecule has 6 aromatic rings. The van der Waals surface area contributed by atoms with E-state index in [1.54, 1.807) is 36.0 Å². The molecule has 0 fully saturated rings. The summed E-state index contributed by atoms with van der Waals surface area (Å²) in [6, 6.07) is 9.05. The Balaban J connectivity index is 1.56. The number of benzene rings is 1. The minimum atomic E-state index is -0.327. The molecule has 0 saturated carbocycles. The van der Waals surface area contributed by atoms with Crippen LogP contribution in [0.3, 0.4) is 0 Å². The van der Waals surface area contributed by atoms with Crippen LogP contribution in [0.2, 0.25) is 0 Å². The van der Waals surface area contributed by atoms with Gasteiger partial charge in [-0.2, -0.15) is 16.4 Å². The van der Waals surface area contributed by atoms with Crippen LogP contribution < -0.4 is 0 Å². The van der Waals surface area contributed by atoms with Crippen molar-refractivity contribution in [3.05, 3.63) is 71.1 Å². The number of fused-ring (bicyclic) bond motifs is 2. The largest absolute Gasteiger partial charge is 0.336 e. The van der Waals surface area contributed by atoms with Crippen molar-refractivity contribution in [3.8, 4) is 33.9 Å². The summed E-state index contributed by atoms with van der Waals surface area (Å²) in [5.74, 6) is 0.276. The molecule has 1 aromatic carbocycles. The van der Waals surface area contributed by atoms with E-state index >= 15 is 0 Å². The second-order valence-electron chi connectivity index (χ2n) is 7.29. The Hall–Kier alpha value is -3.91. The average Bonchev–Trinajstić information content (AvgIpc) is 3.52. The van der Waals surface area contributed by atoms with Gasteiger partial charge in [0.15, 0.2) is 5.82 Å². The van der Waals surface area contributed by atoms with E-state index < -0.39 is 0 Å². The molecule has 0 amide bonds. The highest BCUT2D eigenvalue weighted by Crippen LogP contribution is 2.34. The normalized spacial score (nSPS) is 11.5. The van der Waals surface area contributed by atoms with E-state index in [4.69, 9.17) is 4.98 Å². The van der Waals surface area contributed by atoms with Gasteiger partial charge in [-0.05, 0) is 42.1 Å². The number of H-pyrrole nitrogens is 2. The van der Waals surface area contributed by atoms with E-state index in [1.807, 2.05) is 35.9 Å². The lowest BCUT2D eigenvalue weighted by molar-refractivity contribution is 0.632. The van der Waals surface area contributed by atoms with E-state index in [1.165, 1.54) is 6.07 Å². The number of aryl methyl sites for hydroxylation is 1. The molecule has 6 rings (SSSR count). The third-order valence-corrected chi connectivity index (χ3v) is 6.08. The molecule has 8 heteroatoms. The number of hydrogen-bond donors (Lipinski definition) is 2. The van der Waals surface area contributed by atoms with Crippen LogP contribution in [-0.2, 0) is 0 Å². The number of nitrogens with zero attached hydrogens (tertiary/aromatic N) is 4. The average molecular weight is 426 g/mol. The van der Waals surface area contributed by atoms with Gasteiger partial charge in [0.2, 0.25) is 0 Å². The number of thiophene rings is 1. The minimum absolute atomic E-state index is 0.327. The van der Waals surface area contributed by atoms with Gasteiger partial charge in [0.1, 0.15) is 17.0 Å². The zero-order chi connectivity index (χ0) is 20.9. The summed E-state index contributed by atoms with van der Waals surface area (Å²) in [5.41, 5.74) is 6.91. The number of pyridine rings is 2. The van der Waals surface area contributed by atoms with E-state index in [0.29, 0.717) is 22.6 Å². The SMILES string of the molecule is Cc1ccncc1-c1cc2c(-c3nc4c(-c5ccsc5)nccc4[nH]3)n[nH]c2cc1F. The lowest BCUT2D eigenvalue weighted by Crippen LogP contribution is -1.90. The topological polar surface area (TPSA) is 83.1 Å². The van der Waals surface area contributed by atoms with Crippen LogP contribution >= 0.6 is 11.3 Å². The van der Waals surface area contributed by atoms with Gasteiger partial charge in [0.25, 0.3) is 0 Å². The highest BCUT2D eigenvalue weighted by Gasteiger charge is 2.18. The fourth-order valence-corrected chi connectivity index (χ4v) is 4.47. The van der Waals surface area contributed by atoms with Gasteiger partial charge >= 0.3 is 0 Å². The Labute approximate surface area is 179 Å². The summed E-state index contributed by atoms with van der Waals surface area (Å²) >= 11 is 1.62. The van der Waals surface area contributed by atoms with Gasteiger partial charge in [-0.3, -0.25) is 15.1 Å². The third kappa shape index (κ3) is 2.83. The third-order valence-electron chi connectivity index (χ3n) is 5.40. The molecule has 150 valence electrons. The van der Waals surface area contributed by atoms with Crippen molar-refractivity contribution in [1.29, 1.82) is 0 Å². The molecule has 5 heterocycles. The molecule has 0 aliphatic heterocycles. The van der Waals surface area contributed by atoms with Crippen molar-refractivity contribution in [3.63, 3.8) is 0 Å². The highest BCUT2D eigenvalue weighted by atomic mass is 32.1. The van der Waals surface area contributed by atoms with Crippen molar-refractivity contribution in [1.82, 2.24) is 30.1 Å². The maximum Gasteiger partial charge on any atom is 0.159 e. The predicted molar refractivity (Wildman–Crippen MR) is 120 cm³/mol. The first-order valence-corrected chi connectivity index (χ1v) is 10.6. The van der Waals surface area contributed by atoms with Gasteiger partial charge in [-0.25, -0.2) is 9.37 Å². The molecule has 0 unspecified atom stereocenters. The van der Waals surface area contributed by atoms with Crippen molar-refractivity contribution in [2.45, 2.75) is 6.92 Å². The number of aromatic nitrogens is 6. The van der Waals surface area contributed by atoms with Crippen LogP contribution in [0, 0.1) is 12.7 Å². The molecule has 6 nitrogen and oxygen atoms in total. The first-order valence-electron chi connectivity index (χ1n) is 9.65. The lowest BCUT2D eigenvalue weighted by Gasteiger charge is -2.07. The van der Waals surface area contributed by atoms with Crippen LogP contribution in [0.5, 0.6) is 0 Å². The molecule has 0 atom stereocenters. The van der Waals surface area contributed by atoms with Crippen molar-refractivity contribution in [2.24, 2.45) is 0 Å². The zero-order valence-corrected chi connectivity index (χ0v) is 17.2. The predicted octanol–water partition coefficient (Wildman–Crippen LogP) is 5.74. The molecule has 0 aliphatic rings. The second kappa shape index (κ2) is 6.82. The summed E-state index contributed by atoms with van der Waals surface area (Å²) in [6.07, 6.45) is 5.14. The molecular formula is C23H15FN6S. The minimum Gasteiger partial charge on any atom is -0.336 e. The Morgan fingerprint density at radius 3 is 2.77 bits per heavy atom. The molecule has 0 radical (unpaired) electrons. The van der Waals surface area contributed by atoms with Crippen LogP contribution in [0.1, 0.15) is 5.56 Å². The van der Waals surface area contributed by atoms with E-state index in [-0.39, 0.29) is 5.82 Å². The van der Waals surface area contributed by atoms with Crippen molar-refractivity contribution in [2.75, 3.05) is 0 Å². The lowest BCUT2D eigenvalue weighted by atomic mass is 10.0. The summed E-state index contributed by atoms with van der Waals surface area (Å²) in [5, 5.41) is 12.2. The summed E-state index contributed by atoms with van der Waals surface area (Å²) < 4.78 is 14.9. The summed E-state index contributed by atoms with van der Waals surface area (Å²) in [6.45, 7) is 1.94. The van der Waals surface area contributed by atoms with E-state index in [2.05, 4.69) is 25.1 Å². The van der Waals surface area contributed by atoms with Crippen LogP contribution in [-0.4, -0.2) is 30.1 Å². The fourth-order valence-electron chi connectivity index (χ4n) is 3.83. The van der Waals surface area contributed by atoms with Gasteiger partial charge in [-0.1, -0.05) is 0 Å². The van der Waals surface area contributed by atoms with Crippen LogP contribution in [0.25, 0.3) is 55.8 Å². The Morgan fingerprint density at radius 2 is 1.94 bits per heavy atom. The number of halogens is 1. The monoisotopic (exact) mass is 426 g/mol. The van der Waals surface area contributed by atoms with Gasteiger partial charge in [0, 0.05) is 52.1 Å². The van der Waals surface area contributed by atoms with Crippen molar-refractivity contribution >= 4 is 33.3 Å². The zero-order valence-electron chi connectivity index (χ0n) is 16.3. The second-order valence-corrected chi connectivity index (χ2v) is 8.07. The molecule has 0 spiro atoms. The maximum atomic E-state index is 14.9. The van der Waals surface area contributed by atoms with Gasteiger partial charge in [0.05, 0.1) is 16.7 Å². The standard InChI is InChI=1S/C23H15FN6S/c1-12-2-5-25-10-16(12)14-8-15-19(9-17(14)24)29-30-21(15)23-27-18-3-6-26-20(22(18)28-23)13-4-7-31-11-13/h2-11H,1H3,(H,27,28)(H,29,30). The first-order chi connectivity index (χ1) is 15.2. The molecule has 0 saturated heterocycles. The summed E-state index contributed by atoms with van der Waals surface area (Å²) in [4.78, 5) is 16.8. The van der Waals surface area contributed by atoms with Gasteiger partial charge < -0.3 is 4.98 Å². The Bertz CT molecular complexity index is 1560. The number of nitrogens with one attached hydrogen (secondary N) is 2. The molecular weight excluding hydrogens is 411 g/mol. The number of imidazole rings is 1. The van der Waals surface area contributed by atoms with Gasteiger partial charge in [-0.15, -0.1) is 0 Å².